The lowest BCUT2D eigenvalue weighted by Crippen LogP contribution is -2.34. The summed E-state index contributed by atoms with van der Waals surface area (Å²) in [7, 11) is 0. The summed E-state index contributed by atoms with van der Waals surface area (Å²) in [6, 6.07) is 0. The van der Waals surface area contributed by atoms with Crippen molar-refractivity contribution in [3.05, 3.63) is 0 Å². The lowest BCUT2D eigenvalue weighted by atomic mass is 9.90. The summed E-state index contributed by atoms with van der Waals surface area (Å²) in [6.45, 7) is 6.23. The highest BCUT2D eigenvalue weighted by atomic mass is 16.6. The van der Waals surface area contributed by atoms with Crippen LogP contribution in [0.25, 0.3) is 0 Å². The Morgan fingerprint density at radius 1 is 1.00 bits per heavy atom. The highest BCUT2D eigenvalue weighted by Gasteiger charge is 2.29. The fourth-order valence-corrected chi connectivity index (χ4v) is 2.17. The molecule has 0 fully saturated rings. The van der Waals surface area contributed by atoms with Crippen LogP contribution in [0.15, 0.2) is 0 Å². The maximum Gasteiger partial charge on any atom is 0.306 e. The average molecular weight is 272 g/mol. The minimum absolute atomic E-state index is 0.0240. The maximum atomic E-state index is 11.8. The molecule has 19 heavy (non-hydrogen) atoms. The maximum absolute atomic E-state index is 11.8. The number of carboxylic acids is 1. The molecule has 0 amide bonds. The van der Waals surface area contributed by atoms with Gasteiger partial charge in [0.25, 0.3) is 0 Å². The lowest BCUT2D eigenvalue weighted by molar-refractivity contribution is -0.162. The summed E-state index contributed by atoms with van der Waals surface area (Å²) in [5.74, 6) is -1.13. The highest BCUT2D eigenvalue weighted by molar-refractivity contribution is 5.71. The molecule has 0 aromatic rings. The summed E-state index contributed by atoms with van der Waals surface area (Å²) in [5, 5.41) is 8.54. The number of unbranched alkanes of at least 4 members (excludes halogenated alkanes) is 2. The quantitative estimate of drug-likeness (QED) is 0.457. The van der Waals surface area contributed by atoms with Crippen molar-refractivity contribution in [3.63, 3.8) is 0 Å². The molecule has 0 aromatic heterocycles. The van der Waals surface area contributed by atoms with Crippen molar-refractivity contribution in [1.82, 2.24) is 0 Å². The van der Waals surface area contributed by atoms with E-state index < -0.39 is 5.97 Å². The second-order valence-electron chi connectivity index (χ2n) is 5.07. The van der Waals surface area contributed by atoms with Crippen LogP contribution < -0.4 is 0 Å². The Morgan fingerprint density at radius 3 is 2.11 bits per heavy atom. The van der Waals surface area contributed by atoms with Gasteiger partial charge in [0.05, 0.1) is 0 Å². The van der Waals surface area contributed by atoms with E-state index in [0.29, 0.717) is 6.42 Å². The van der Waals surface area contributed by atoms with E-state index in [2.05, 4.69) is 6.92 Å². The van der Waals surface area contributed by atoms with Crippen molar-refractivity contribution in [2.75, 3.05) is 0 Å². The van der Waals surface area contributed by atoms with Gasteiger partial charge in [-0.15, -0.1) is 0 Å². The Labute approximate surface area is 116 Å². The number of ether oxygens (including phenoxy) is 1. The van der Waals surface area contributed by atoms with Gasteiger partial charge in [-0.25, -0.2) is 0 Å². The second kappa shape index (κ2) is 9.82. The monoisotopic (exact) mass is 272 g/mol. The summed E-state index contributed by atoms with van der Waals surface area (Å²) >= 11 is 0. The van der Waals surface area contributed by atoms with Crippen LogP contribution in [0.4, 0.5) is 0 Å². The molecule has 1 N–H and O–H groups in total. The largest absolute Gasteiger partial charge is 0.481 e. The number of carbonyl (C=O) groups is 2. The zero-order valence-corrected chi connectivity index (χ0v) is 12.5. The SMILES string of the molecule is CCCCCC(CC)(CC)OC(=O)CCCC(=O)O. The van der Waals surface area contributed by atoms with Crippen LogP contribution in [-0.4, -0.2) is 22.6 Å². The van der Waals surface area contributed by atoms with E-state index >= 15 is 0 Å². The van der Waals surface area contributed by atoms with Crippen molar-refractivity contribution in [2.45, 2.75) is 84.2 Å². The fourth-order valence-electron chi connectivity index (χ4n) is 2.17. The third kappa shape index (κ3) is 7.85. The van der Waals surface area contributed by atoms with Crippen LogP contribution >= 0.6 is 0 Å². The molecule has 0 aliphatic carbocycles. The Morgan fingerprint density at radius 2 is 1.63 bits per heavy atom. The molecule has 112 valence electrons. The molecule has 0 aliphatic heterocycles. The number of carbonyl (C=O) groups excluding carboxylic acids is 1. The van der Waals surface area contributed by atoms with E-state index in [1.165, 1.54) is 0 Å². The van der Waals surface area contributed by atoms with E-state index in [-0.39, 0.29) is 24.4 Å². The average Bonchev–Trinajstić information content (AvgIpc) is 2.37. The third-order valence-corrected chi connectivity index (χ3v) is 3.63. The molecule has 0 atom stereocenters. The van der Waals surface area contributed by atoms with Crippen LogP contribution in [0.3, 0.4) is 0 Å². The van der Waals surface area contributed by atoms with Gasteiger partial charge >= 0.3 is 11.9 Å². The third-order valence-electron chi connectivity index (χ3n) is 3.63. The van der Waals surface area contributed by atoms with Gasteiger partial charge in [-0.2, -0.15) is 0 Å². The van der Waals surface area contributed by atoms with Gasteiger partial charge in [-0.1, -0.05) is 33.6 Å². The van der Waals surface area contributed by atoms with Crippen LogP contribution in [0, 0.1) is 0 Å². The van der Waals surface area contributed by atoms with Gasteiger partial charge < -0.3 is 9.84 Å². The van der Waals surface area contributed by atoms with Crippen LogP contribution in [0.1, 0.15) is 78.6 Å². The van der Waals surface area contributed by atoms with Crippen molar-refractivity contribution >= 4 is 11.9 Å². The van der Waals surface area contributed by atoms with Gasteiger partial charge in [-0.3, -0.25) is 9.59 Å². The molecule has 4 nitrogen and oxygen atoms in total. The Bertz CT molecular complexity index is 269. The predicted octanol–water partition coefficient (Wildman–Crippen LogP) is 3.92. The van der Waals surface area contributed by atoms with E-state index in [1.807, 2.05) is 13.8 Å². The van der Waals surface area contributed by atoms with Gasteiger partial charge in [0.1, 0.15) is 5.60 Å². The second-order valence-corrected chi connectivity index (χ2v) is 5.07. The summed E-state index contributed by atoms with van der Waals surface area (Å²) in [4.78, 5) is 22.2. The molecule has 4 heteroatoms. The standard InChI is InChI=1S/C15H28O4/c1-4-7-8-12-15(5-2,6-3)19-14(18)11-9-10-13(16)17/h4-12H2,1-3H3,(H,16,17). The minimum Gasteiger partial charge on any atom is -0.481 e. The number of rotatable bonds is 11. The van der Waals surface area contributed by atoms with Gasteiger partial charge in [0.15, 0.2) is 0 Å². The van der Waals surface area contributed by atoms with E-state index in [0.717, 1.165) is 38.5 Å². The molecule has 0 aromatic carbocycles. The fraction of sp³-hybridized carbons (Fsp3) is 0.867. The number of hydrogen-bond donors (Lipinski definition) is 1. The number of aliphatic carboxylic acids is 1. The van der Waals surface area contributed by atoms with Gasteiger partial charge in [0.2, 0.25) is 0 Å². The molecule has 0 rings (SSSR count). The minimum atomic E-state index is -0.868. The number of esters is 1. The molecule has 0 unspecified atom stereocenters. The first-order chi connectivity index (χ1) is 8.99. The Kier molecular flexibility index (Phi) is 9.27. The zero-order chi connectivity index (χ0) is 14.7. The summed E-state index contributed by atoms with van der Waals surface area (Å²) < 4.78 is 5.63. The van der Waals surface area contributed by atoms with Gasteiger partial charge in [0, 0.05) is 12.8 Å². The van der Waals surface area contributed by atoms with Crippen LogP contribution in [0.2, 0.25) is 0 Å². The first-order valence-corrected chi connectivity index (χ1v) is 7.43. The number of hydrogen-bond acceptors (Lipinski definition) is 3. The molecule has 0 saturated heterocycles. The first-order valence-electron chi connectivity index (χ1n) is 7.43. The molecule has 0 heterocycles. The topological polar surface area (TPSA) is 63.6 Å². The first kappa shape index (κ1) is 17.9. The molecule has 0 spiro atoms. The van der Waals surface area contributed by atoms with Gasteiger partial charge in [-0.05, 0) is 32.1 Å². The van der Waals surface area contributed by atoms with Crippen molar-refractivity contribution in [3.8, 4) is 0 Å². The van der Waals surface area contributed by atoms with Crippen LogP contribution in [-0.2, 0) is 14.3 Å². The molecule has 0 saturated carbocycles. The molecule has 0 bridgehead atoms. The summed E-state index contributed by atoms with van der Waals surface area (Å²) in [5.41, 5.74) is -0.352. The Hall–Kier alpha value is -1.06. The molecule has 0 aliphatic rings. The molecular formula is C15H28O4. The predicted molar refractivity (Wildman–Crippen MR) is 75.0 cm³/mol. The highest BCUT2D eigenvalue weighted by Crippen LogP contribution is 2.28. The van der Waals surface area contributed by atoms with Crippen molar-refractivity contribution < 1.29 is 19.4 Å². The smallest absolute Gasteiger partial charge is 0.306 e. The van der Waals surface area contributed by atoms with Crippen LogP contribution in [0.5, 0.6) is 0 Å². The molecular weight excluding hydrogens is 244 g/mol. The van der Waals surface area contributed by atoms with E-state index in [4.69, 9.17) is 9.84 Å². The number of carboxylic acid groups (broad SMARTS) is 1. The summed E-state index contributed by atoms with van der Waals surface area (Å²) in [6.07, 6.45) is 6.48. The van der Waals surface area contributed by atoms with E-state index in [1.54, 1.807) is 0 Å². The normalized spacial score (nSPS) is 11.3. The van der Waals surface area contributed by atoms with Crippen molar-refractivity contribution in [1.29, 1.82) is 0 Å². The zero-order valence-electron chi connectivity index (χ0n) is 12.5. The Balaban J connectivity index is 4.23. The lowest BCUT2D eigenvalue weighted by Gasteiger charge is -2.31. The van der Waals surface area contributed by atoms with Crippen molar-refractivity contribution in [2.24, 2.45) is 0 Å². The molecule has 0 radical (unpaired) electrons. The van der Waals surface area contributed by atoms with E-state index in [9.17, 15) is 9.59 Å².